The molecule has 0 aromatic rings. The molecule has 0 N–H and O–H groups in total. The molecule has 0 aromatic carbocycles. The Morgan fingerprint density at radius 3 is 1.75 bits per heavy atom. The van der Waals surface area contributed by atoms with Gasteiger partial charge in [0.2, 0.25) is 0 Å². The molecule has 6 heteroatoms. The van der Waals surface area contributed by atoms with E-state index in [4.69, 9.17) is 9.98 Å². The minimum Gasteiger partial charge on any atom is -0.346 e. The van der Waals surface area contributed by atoms with Crippen LogP contribution in [0.1, 0.15) is 32.6 Å². The maximum Gasteiger partial charge on any atom is 0.196 e. The van der Waals surface area contributed by atoms with Crippen LogP contribution >= 0.6 is 0 Å². The van der Waals surface area contributed by atoms with Crippen LogP contribution in [0.5, 0.6) is 0 Å². The molecular weight excluding hydrogens is 300 g/mol. The normalized spacial score (nSPS) is 20.5. The molecule has 2 heterocycles. The van der Waals surface area contributed by atoms with E-state index in [1.807, 2.05) is 0 Å². The Bertz CT molecular complexity index is 423. The number of rotatable bonds is 6. The van der Waals surface area contributed by atoms with Crippen molar-refractivity contribution in [3.63, 3.8) is 0 Å². The van der Waals surface area contributed by atoms with Gasteiger partial charge in [0, 0.05) is 67.5 Å². The lowest BCUT2D eigenvalue weighted by molar-refractivity contribution is 0.314. The molecule has 2 rings (SSSR count). The topological polar surface area (TPSA) is 37.7 Å². The van der Waals surface area contributed by atoms with Crippen molar-refractivity contribution in [3.8, 4) is 0 Å². The number of aliphatic imine (C=N–C) groups is 2. The van der Waals surface area contributed by atoms with E-state index in [0.717, 1.165) is 57.6 Å². The summed E-state index contributed by atoms with van der Waals surface area (Å²) in [4.78, 5) is 18.8. The third kappa shape index (κ3) is 5.28. The van der Waals surface area contributed by atoms with Crippen molar-refractivity contribution in [2.24, 2.45) is 15.9 Å². The molecule has 1 unspecified atom stereocenters. The molecular formula is C18H36N6. The first-order valence-corrected chi connectivity index (χ1v) is 9.42. The summed E-state index contributed by atoms with van der Waals surface area (Å²) in [6.07, 6.45) is 4.79. The van der Waals surface area contributed by atoms with Gasteiger partial charge in [0.15, 0.2) is 11.9 Å². The largest absolute Gasteiger partial charge is 0.346 e. The molecule has 2 aliphatic rings. The molecule has 2 saturated heterocycles. The van der Waals surface area contributed by atoms with Crippen LogP contribution in [-0.4, -0.2) is 99.0 Å². The molecule has 0 radical (unpaired) electrons. The average Bonchev–Trinajstić information content (AvgIpc) is 2.53. The number of guanidine groups is 2. The van der Waals surface area contributed by atoms with Crippen molar-refractivity contribution in [2.45, 2.75) is 32.6 Å². The predicted octanol–water partition coefficient (Wildman–Crippen LogP) is 1.65. The summed E-state index contributed by atoms with van der Waals surface area (Å²) >= 11 is 0. The first-order chi connectivity index (χ1) is 11.5. The fourth-order valence-corrected chi connectivity index (χ4v) is 3.50. The van der Waals surface area contributed by atoms with E-state index in [0.29, 0.717) is 5.92 Å². The van der Waals surface area contributed by atoms with Crippen LogP contribution in [0, 0.1) is 5.92 Å². The van der Waals surface area contributed by atoms with Crippen molar-refractivity contribution in [1.29, 1.82) is 0 Å². The van der Waals surface area contributed by atoms with Crippen LogP contribution in [0.2, 0.25) is 0 Å². The molecule has 2 aliphatic heterocycles. The van der Waals surface area contributed by atoms with Crippen molar-refractivity contribution >= 4 is 11.9 Å². The van der Waals surface area contributed by atoms with Gasteiger partial charge < -0.3 is 19.6 Å². The zero-order chi connectivity index (χ0) is 17.5. The van der Waals surface area contributed by atoms with Crippen LogP contribution < -0.4 is 0 Å². The highest BCUT2D eigenvalue weighted by Crippen LogP contribution is 2.11. The molecule has 1 atom stereocenters. The highest BCUT2D eigenvalue weighted by molar-refractivity contribution is 5.80. The Hall–Kier alpha value is -1.46. The molecule has 0 spiro atoms. The molecule has 24 heavy (non-hydrogen) atoms. The minimum absolute atomic E-state index is 0.614. The quantitative estimate of drug-likeness (QED) is 0.691. The minimum atomic E-state index is 0.614. The van der Waals surface area contributed by atoms with Gasteiger partial charge in [-0.25, -0.2) is 0 Å². The highest BCUT2D eigenvalue weighted by atomic mass is 15.4. The fourth-order valence-electron chi connectivity index (χ4n) is 3.50. The fraction of sp³-hybridized carbons (Fsp3) is 0.889. The molecule has 0 aromatic heterocycles. The van der Waals surface area contributed by atoms with Crippen molar-refractivity contribution in [3.05, 3.63) is 0 Å². The first kappa shape index (κ1) is 18.9. The van der Waals surface area contributed by atoms with E-state index in [1.165, 1.54) is 19.3 Å². The van der Waals surface area contributed by atoms with Crippen molar-refractivity contribution < 1.29 is 0 Å². The third-order valence-electron chi connectivity index (χ3n) is 4.99. The van der Waals surface area contributed by atoms with Gasteiger partial charge >= 0.3 is 0 Å². The summed E-state index contributed by atoms with van der Waals surface area (Å²) < 4.78 is 0. The predicted molar refractivity (Wildman–Crippen MR) is 103 cm³/mol. The van der Waals surface area contributed by atoms with Crippen LogP contribution in [0.15, 0.2) is 9.98 Å². The summed E-state index contributed by atoms with van der Waals surface area (Å²) in [6.45, 7) is 8.63. The van der Waals surface area contributed by atoms with Crippen molar-refractivity contribution in [2.75, 3.05) is 67.5 Å². The second kappa shape index (κ2) is 9.14. The monoisotopic (exact) mass is 336 g/mol. The van der Waals surface area contributed by atoms with Crippen molar-refractivity contribution in [1.82, 2.24) is 19.6 Å². The number of hydrogen-bond acceptors (Lipinski definition) is 2. The SMILES string of the molecule is CC(CCCN=C1N(C)CCCN1C)CN=C1N(C)CCCN1C. The summed E-state index contributed by atoms with van der Waals surface area (Å²) in [5, 5.41) is 0. The second-order valence-corrected chi connectivity index (χ2v) is 7.46. The van der Waals surface area contributed by atoms with E-state index < -0.39 is 0 Å². The Balaban J connectivity index is 1.72. The van der Waals surface area contributed by atoms with Crippen LogP contribution in [0.3, 0.4) is 0 Å². The molecule has 0 saturated carbocycles. The maximum absolute atomic E-state index is 4.85. The smallest absolute Gasteiger partial charge is 0.196 e. The van der Waals surface area contributed by atoms with E-state index in [1.54, 1.807) is 0 Å². The van der Waals surface area contributed by atoms with Gasteiger partial charge in [-0.05, 0) is 31.6 Å². The number of hydrogen-bond donors (Lipinski definition) is 0. The first-order valence-electron chi connectivity index (χ1n) is 9.42. The molecule has 0 amide bonds. The van der Waals surface area contributed by atoms with E-state index in [9.17, 15) is 0 Å². The zero-order valence-electron chi connectivity index (χ0n) is 16.3. The van der Waals surface area contributed by atoms with Gasteiger partial charge in [-0.3, -0.25) is 9.98 Å². The van der Waals surface area contributed by atoms with E-state index >= 15 is 0 Å². The van der Waals surface area contributed by atoms with Gasteiger partial charge in [0.1, 0.15) is 0 Å². The van der Waals surface area contributed by atoms with Gasteiger partial charge in [-0.15, -0.1) is 0 Å². The van der Waals surface area contributed by atoms with Crippen LogP contribution in [0.4, 0.5) is 0 Å². The van der Waals surface area contributed by atoms with Gasteiger partial charge in [0.05, 0.1) is 0 Å². The van der Waals surface area contributed by atoms with Gasteiger partial charge in [-0.1, -0.05) is 6.92 Å². The summed E-state index contributed by atoms with van der Waals surface area (Å²) in [5.41, 5.74) is 0. The molecule has 2 fully saturated rings. The lowest BCUT2D eigenvalue weighted by Crippen LogP contribution is -2.46. The van der Waals surface area contributed by atoms with E-state index in [2.05, 4.69) is 54.7 Å². The molecule has 0 bridgehead atoms. The Kier molecular flexibility index (Phi) is 7.18. The Labute approximate surface area is 148 Å². The maximum atomic E-state index is 4.85. The molecule has 0 aliphatic carbocycles. The van der Waals surface area contributed by atoms with Gasteiger partial charge in [0.25, 0.3) is 0 Å². The summed E-state index contributed by atoms with van der Waals surface area (Å²) in [7, 11) is 8.58. The average molecular weight is 337 g/mol. The Morgan fingerprint density at radius 2 is 1.25 bits per heavy atom. The van der Waals surface area contributed by atoms with Crippen LogP contribution in [0.25, 0.3) is 0 Å². The highest BCUT2D eigenvalue weighted by Gasteiger charge is 2.18. The second-order valence-electron chi connectivity index (χ2n) is 7.46. The lowest BCUT2D eigenvalue weighted by atomic mass is 10.1. The van der Waals surface area contributed by atoms with E-state index in [-0.39, 0.29) is 0 Å². The number of nitrogens with zero attached hydrogens (tertiary/aromatic N) is 6. The summed E-state index contributed by atoms with van der Waals surface area (Å²) in [6, 6.07) is 0. The third-order valence-corrected chi connectivity index (χ3v) is 4.99. The van der Waals surface area contributed by atoms with Crippen LogP contribution in [-0.2, 0) is 0 Å². The molecule has 138 valence electrons. The lowest BCUT2D eigenvalue weighted by Gasteiger charge is -2.34. The zero-order valence-corrected chi connectivity index (χ0v) is 16.3. The molecule has 6 nitrogen and oxygen atoms in total. The summed E-state index contributed by atoms with van der Waals surface area (Å²) in [5.74, 6) is 2.92. The Morgan fingerprint density at radius 1 is 0.792 bits per heavy atom. The van der Waals surface area contributed by atoms with Gasteiger partial charge in [-0.2, -0.15) is 0 Å². The standard InChI is InChI=1S/C18H36N6/c1-16(15-20-18-23(4)13-8-14-24(18)5)9-6-10-19-17-21(2)11-7-12-22(17)3/h16H,6-15H2,1-5H3.